The summed E-state index contributed by atoms with van der Waals surface area (Å²) in [6, 6.07) is 0. The number of nitrogens with zero attached hydrogens (tertiary/aromatic N) is 4. The van der Waals surface area contributed by atoms with E-state index < -0.39 is 9.84 Å². The molecule has 0 fully saturated rings. The maximum atomic E-state index is 12.0. The van der Waals surface area contributed by atoms with Crippen molar-refractivity contribution in [1.82, 2.24) is 14.7 Å². The third kappa shape index (κ3) is 3.63. The minimum atomic E-state index is -3.41. The summed E-state index contributed by atoms with van der Waals surface area (Å²) in [5.74, 6) is 0.671. The summed E-state index contributed by atoms with van der Waals surface area (Å²) in [6.45, 7) is 6.59. The van der Waals surface area contributed by atoms with E-state index in [0.29, 0.717) is 25.5 Å². The molecule has 0 unspecified atom stereocenters. The summed E-state index contributed by atoms with van der Waals surface area (Å²) < 4.78 is 25.6. The Kier molecular flexibility index (Phi) is 5.41. The predicted octanol–water partition coefficient (Wildman–Crippen LogP) is 0.277. The maximum absolute atomic E-state index is 12.0. The normalized spacial score (nSPS) is 12.1. The van der Waals surface area contributed by atoms with Crippen LogP contribution in [-0.2, 0) is 16.4 Å². The molecule has 0 spiro atoms. The van der Waals surface area contributed by atoms with Gasteiger partial charge in [0.2, 0.25) is 0 Å². The number of nitrogens with two attached hydrogens (primary N) is 1. The molecule has 8 heteroatoms. The van der Waals surface area contributed by atoms with Gasteiger partial charge >= 0.3 is 0 Å². The van der Waals surface area contributed by atoms with Crippen LogP contribution in [0.3, 0.4) is 0 Å². The first-order valence-corrected chi connectivity index (χ1v) is 8.57. The highest BCUT2D eigenvalue weighted by molar-refractivity contribution is 7.91. The van der Waals surface area contributed by atoms with Crippen LogP contribution in [0, 0.1) is 0 Å². The van der Waals surface area contributed by atoms with Crippen molar-refractivity contribution in [3.63, 3.8) is 0 Å². The van der Waals surface area contributed by atoms with E-state index in [0.717, 1.165) is 6.54 Å². The number of nitrogen functional groups attached to an aromatic ring is 1. The van der Waals surface area contributed by atoms with Crippen LogP contribution in [0.5, 0.6) is 0 Å². The molecule has 2 N–H and O–H groups in total. The number of hydrogen-bond donors (Lipinski definition) is 1. The molecule has 1 aromatic rings. The number of sulfone groups is 1. The number of likely N-dealkylation sites (N-methyl/N-ethyl adjacent to an activating group) is 1. The van der Waals surface area contributed by atoms with E-state index in [1.165, 1.54) is 6.26 Å². The van der Waals surface area contributed by atoms with Crippen molar-refractivity contribution in [2.75, 3.05) is 50.6 Å². The average Bonchev–Trinajstić information content (AvgIpc) is 2.65. The SMILES string of the molecule is CCN(CC)c1nn(CCN(C)C)c(N)c1S(C)(=O)=O. The Morgan fingerprint density at radius 1 is 1.25 bits per heavy atom. The van der Waals surface area contributed by atoms with Crippen LogP contribution >= 0.6 is 0 Å². The smallest absolute Gasteiger partial charge is 0.182 e. The van der Waals surface area contributed by atoms with Crippen LogP contribution in [-0.4, -0.2) is 63.1 Å². The van der Waals surface area contributed by atoms with E-state index in [9.17, 15) is 8.42 Å². The highest BCUT2D eigenvalue weighted by atomic mass is 32.2. The van der Waals surface area contributed by atoms with Gasteiger partial charge in [-0.2, -0.15) is 5.10 Å². The van der Waals surface area contributed by atoms with Gasteiger partial charge in [0.15, 0.2) is 20.6 Å². The lowest BCUT2D eigenvalue weighted by molar-refractivity contribution is 0.375. The first-order valence-electron chi connectivity index (χ1n) is 6.68. The van der Waals surface area contributed by atoms with Crippen molar-refractivity contribution in [3.05, 3.63) is 0 Å². The molecule has 0 aliphatic heterocycles. The maximum Gasteiger partial charge on any atom is 0.182 e. The Hall–Kier alpha value is -1.28. The molecule has 116 valence electrons. The Labute approximate surface area is 121 Å². The minimum Gasteiger partial charge on any atom is -0.383 e. The fourth-order valence-electron chi connectivity index (χ4n) is 2.00. The molecule has 0 aliphatic carbocycles. The number of rotatable bonds is 7. The number of hydrogen-bond acceptors (Lipinski definition) is 6. The number of anilines is 2. The van der Waals surface area contributed by atoms with Gasteiger partial charge in [-0.05, 0) is 27.9 Å². The molecule has 1 aromatic heterocycles. The highest BCUT2D eigenvalue weighted by Crippen LogP contribution is 2.29. The summed E-state index contributed by atoms with van der Waals surface area (Å²) in [5.41, 5.74) is 6.00. The second kappa shape index (κ2) is 6.45. The van der Waals surface area contributed by atoms with Gasteiger partial charge in [-0.25, -0.2) is 13.1 Å². The first kappa shape index (κ1) is 16.8. The van der Waals surface area contributed by atoms with Gasteiger partial charge < -0.3 is 15.5 Å². The lowest BCUT2D eigenvalue weighted by atomic mass is 10.4. The van der Waals surface area contributed by atoms with Crippen molar-refractivity contribution < 1.29 is 8.42 Å². The van der Waals surface area contributed by atoms with E-state index >= 15 is 0 Å². The largest absolute Gasteiger partial charge is 0.383 e. The molecule has 7 nitrogen and oxygen atoms in total. The van der Waals surface area contributed by atoms with Gasteiger partial charge in [-0.3, -0.25) is 0 Å². The third-order valence-electron chi connectivity index (χ3n) is 3.12. The van der Waals surface area contributed by atoms with Crippen molar-refractivity contribution in [1.29, 1.82) is 0 Å². The molecular formula is C12H25N5O2S. The summed E-state index contributed by atoms with van der Waals surface area (Å²) in [7, 11) is 0.483. The molecule has 20 heavy (non-hydrogen) atoms. The molecule has 1 heterocycles. The van der Waals surface area contributed by atoms with Crippen LogP contribution in [0.25, 0.3) is 0 Å². The fraction of sp³-hybridized carbons (Fsp3) is 0.750. The average molecular weight is 303 g/mol. The quantitative estimate of drug-likeness (QED) is 0.778. The van der Waals surface area contributed by atoms with Crippen molar-refractivity contribution in [2.24, 2.45) is 0 Å². The molecule has 1 rings (SSSR count). The van der Waals surface area contributed by atoms with Crippen LogP contribution in [0.1, 0.15) is 13.8 Å². The molecule has 0 radical (unpaired) electrons. The third-order valence-corrected chi connectivity index (χ3v) is 4.26. The van der Waals surface area contributed by atoms with E-state index in [2.05, 4.69) is 5.10 Å². The monoisotopic (exact) mass is 303 g/mol. The molecule has 0 saturated carbocycles. The molecule has 0 saturated heterocycles. The van der Waals surface area contributed by atoms with Crippen LogP contribution in [0.4, 0.5) is 11.6 Å². The predicted molar refractivity (Wildman–Crippen MR) is 81.9 cm³/mol. The van der Waals surface area contributed by atoms with Crippen molar-refractivity contribution in [3.8, 4) is 0 Å². The van der Waals surface area contributed by atoms with E-state index in [1.807, 2.05) is 37.7 Å². The van der Waals surface area contributed by atoms with Gasteiger partial charge in [-0.15, -0.1) is 0 Å². The summed E-state index contributed by atoms with van der Waals surface area (Å²) in [4.78, 5) is 4.04. The van der Waals surface area contributed by atoms with Crippen molar-refractivity contribution in [2.45, 2.75) is 25.3 Å². The highest BCUT2D eigenvalue weighted by Gasteiger charge is 2.26. The summed E-state index contributed by atoms with van der Waals surface area (Å²) in [6.07, 6.45) is 1.17. The van der Waals surface area contributed by atoms with Crippen LogP contribution in [0.15, 0.2) is 4.90 Å². The Morgan fingerprint density at radius 3 is 2.20 bits per heavy atom. The molecule has 0 amide bonds. The summed E-state index contributed by atoms with van der Waals surface area (Å²) in [5, 5.41) is 4.40. The van der Waals surface area contributed by atoms with Gasteiger partial charge in [-0.1, -0.05) is 0 Å². The molecule has 0 bridgehead atoms. The van der Waals surface area contributed by atoms with E-state index in [4.69, 9.17) is 5.73 Å². The topological polar surface area (TPSA) is 84.5 Å². The standard InChI is InChI=1S/C12H25N5O2S/c1-6-16(7-2)12-10(20(5,18)19)11(13)17(14-12)9-8-15(3)4/h6-9,13H2,1-5H3. The zero-order valence-corrected chi connectivity index (χ0v) is 13.7. The molecular weight excluding hydrogens is 278 g/mol. The van der Waals surface area contributed by atoms with E-state index in [1.54, 1.807) is 4.68 Å². The Balaban J connectivity index is 3.31. The van der Waals surface area contributed by atoms with E-state index in [-0.39, 0.29) is 10.7 Å². The molecule has 0 atom stereocenters. The second-order valence-corrected chi connectivity index (χ2v) is 6.96. The van der Waals surface area contributed by atoms with Gasteiger partial charge in [0, 0.05) is 25.9 Å². The molecule has 0 aliphatic rings. The van der Waals surface area contributed by atoms with Crippen LogP contribution in [0.2, 0.25) is 0 Å². The Bertz CT molecular complexity index is 546. The zero-order chi connectivity index (χ0) is 15.5. The minimum absolute atomic E-state index is 0.139. The van der Waals surface area contributed by atoms with Gasteiger partial charge in [0.05, 0.1) is 6.54 Å². The summed E-state index contributed by atoms with van der Waals surface area (Å²) >= 11 is 0. The van der Waals surface area contributed by atoms with Crippen LogP contribution < -0.4 is 10.6 Å². The van der Waals surface area contributed by atoms with Gasteiger partial charge in [0.1, 0.15) is 5.82 Å². The van der Waals surface area contributed by atoms with Gasteiger partial charge in [0.25, 0.3) is 0 Å². The second-order valence-electron chi connectivity index (χ2n) is 5.01. The lowest BCUT2D eigenvalue weighted by Crippen LogP contribution is -2.24. The Morgan fingerprint density at radius 2 is 1.80 bits per heavy atom. The number of aromatic nitrogens is 2. The zero-order valence-electron chi connectivity index (χ0n) is 12.9. The first-order chi connectivity index (χ1) is 9.22. The fourth-order valence-corrected chi connectivity index (χ4v) is 2.98. The van der Waals surface area contributed by atoms with Crippen molar-refractivity contribution >= 4 is 21.5 Å². The lowest BCUT2D eigenvalue weighted by Gasteiger charge is -2.18. The molecule has 0 aromatic carbocycles.